The molecule has 3 aliphatic rings. The minimum atomic E-state index is -0.414. The van der Waals surface area contributed by atoms with Gasteiger partial charge in [0, 0.05) is 10.7 Å². The maximum absolute atomic E-state index is 13.5. The van der Waals surface area contributed by atoms with Gasteiger partial charge in [-0.05, 0) is 470 Å². The topological polar surface area (TPSA) is 78.9 Å². The number of esters is 3. The van der Waals surface area contributed by atoms with E-state index < -0.39 is 16.9 Å². The number of carbonyl (C=O) groups excluding carboxylic acids is 3. The zero-order valence-electron chi connectivity index (χ0n) is 60.7. The zero-order valence-corrected chi connectivity index (χ0v) is 82.6. The van der Waals surface area contributed by atoms with E-state index in [0.717, 1.165) is 46.8 Å². The summed E-state index contributed by atoms with van der Waals surface area (Å²) in [6, 6.07) is 91.0. The average molecular weight is 2550 g/mol. The van der Waals surface area contributed by atoms with Gasteiger partial charge in [-0.15, -0.1) is 0 Å². The predicted molar refractivity (Wildman–Crippen MR) is 531 cm³/mol. The molecule has 0 N–H and O–H groups in total. The van der Waals surface area contributed by atoms with Gasteiger partial charge in [-0.3, -0.25) is 0 Å². The minimum Gasteiger partial charge on any atom is -0.421 e. The van der Waals surface area contributed by atoms with Crippen LogP contribution < -0.4 is 14.2 Å². The van der Waals surface area contributed by atoms with Crippen molar-refractivity contribution in [3.05, 3.63) is 338 Å². The highest BCUT2D eigenvalue weighted by molar-refractivity contribution is 14.1. The number of ether oxygens (including phenoxy) is 3. The number of carbonyl (C=O) groups is 3. The third kappa shape index (κ3) is 23.2. The van der Waals surface area contributed by atoms with Crippen molar-refractivity contribution in [3.63, 3.8) is 0 Å². The molecule has 0 bridgehead atoms. The lowest BCUT2D eigenvalue weighted by atomic mass is 9.84. The van der Waals surface area contributed by atoms with Crippen LogP contribution in [0.2, 0.25) is 0 Å². The Kier molecular flexibility index (Phi) is 32.8. The molecule has 15 rings (SSSR count). The molecule has 3 saturated carbocycles. The summed E-state index contributed by atoms with van der Waals surface area (Å²) in [6.07, 6.45) is 20.1. The van der Waals surface area contributed by atoms with Crippen LogP contribution in [0.3, 0.4) is 0 Å². The monoisotopic (exact) mass is 2550 g/mol. The molecule has 0 saturated heterocycles. The van der Waals surface area contributed by atoms with E-state index >= 15 is 0 Å². The van der Waals surface area contributed by atoms with Crippen LogP contribution in [0.1, 0.15) is 162 Å². The Morgan fingerprint density at radius 1 is 0.259 bits per heavy atom. The van der Waals surface area contributed by atoms with Crippen molar-refractivity contribution in [2.45, 2.75) is 158 Å². The van der Waals surface area contributed by atoms with E-state index in [1.807, 2.05) is 103 Å². The van der Waals surface area contributed by atoms with E-state index in [0.29, 0.717) is 51.7 Å². The lowest BCUT2D eigenvalue weighted by molar-refractivity contribution is 0.0722. The molecule has 19 heteroatoms. The molecule has 6 nitrogen and oxygen atoms in total. The molecule has 0 spiro atoms. The van der Waals surface area contributed by atoms with E-state index in [1.54, 1.807) is 12.1 Å². The SMILES string of the molecule is O=C(Oc1c(I)cc(I)cc1I)c1ccc([S+](c2ccc(C3CCCCC3)cc2)c2ccc(C3CCCCC3)cc2)cc1.O=C(Oc1c(I)cc(I)cc1I)c1ccc([S+](c2ccccc2)c2ccc(C3CCCCC3)cc2)cc1.O=C(Oc1c(I)cc(I)cc1I)c1ccc([S+](c2ccccc2)c2ccc(F)cc2)cc1. The summed E-state index contributed by atoms with van der Waals surface area (Å²) in [4.78, 5) is 49.7. The van der Waals surface area contributed by atoms with Crippen molar-refractivity contribution >= 4 is 254 Å². The van der Waals surface area contributed by atoms with E-state index in [4.69, 9.17) is 14.2 Å². The summed E-state index contributed by atoms with van der Waals surface area (Å²) >= 11 is 20.1. The van der Waals surface area contributed by atoms with Crippen molar-refractivity contribution in [1.82, 2.24) is 0 Å². The van der Waals surface area contributed by atoms with Crippen LogP contribution in [0.15, 0.2) is 311 Å². The smallest absolute Gasteiger partial charge is 0.343 e. The van der Waals surface area contributed by atoms with Gasteiger partial charge >= 0.3 is 17.9 Å². The molecule has 112 heavy (non-hydrogen) atoms. The van der Waals surface area contributed by atoms with E-state index in [2.05, 4.69) is 343 Å². The summed E-state index contributed by atoms with van der Waals surface area (Å²) in [7, 11) is -0.933. The van der Waals surface area contributed by atoms with Crippen molar-refractivity contribution in [2.75, 3.05) is 0 Å². The van der Waals surface area contributed by atoms with Crippen molar-refractivity contribution in [2.24, 2.45) is 0 Å². The van der Waals surface area contributed by atoms with Gasteiger partial charge in [0.05, 0.1) is 70.8 Å². The zero-order chi connectivity index (χ0) is 78.2. The first kappa shape index (κ1) is 86.4. The molecule has 12 aromatic carbocycles. The third-order valence-electron chi connectivity index (χ3n) is 20.0. The van der Waals surface area contributed by atoms with Gasteiger partial charge in [-0.1, -0.05) is 131 Å². The Balaban J connectivity index is 0.000000149. The molecule has 0 amide bonds. The van der Waals surface area contributed by atoms with Crippen molar-refractivity contribution < 1.29 is 33.0 Å². The van der Waals surface area contributed by atoms with Crippen molar-refractivity contribution in [3.8, 4) is 17.2 Å². The molecular weight excluding hydrogens is 2470 g/mol. The Morgan fingerprint density at radius 2 is 0.455 bits per heavy atom. The highest BCUT2D eigenvalue weighted by atomic mass is 127. The summed E-state index contributed by atoms with van der Waals surface area (Å²) in [5, 5.41) is 0. The predicted octanol–water partition coefficient (Wildman–Crippen LogP) is 29.7. The molecule has 2 atom stereocenters. The van der Waals surface area contributed by atoms with Crippen LogP contribution in [-0.2, 0) is 32.7 Å². The lowest BCUT2D eigenvalue weighted by Gasteiger charge is -2.22. The number of rotatable bonds is 18. The largest absolute Gasteiger partial charge is 0.421 e. The summed E-state index contributed by atoms with van der Waals surface area (Å²) in [5.41, 5.74) is 6.04. The fourth-order valence-corrected chi connectivity index (χ4v) is 31.9. The van der Waals surface area contributed by atoms with Crippen LogP contribution >= 0.6 is 203 Å². The number of hydrogen-bond donors (Lipinski definition) is 0. The van der Waals surface area contributed by atoms with Gasteiger partial charge in [0.25, 0.3) is 0 Å². The molecular formula is C93H77FI9O6S3+3. The van der Waals surface area contributed by atoms with Gasteiger partial charge in [0.15, 0.2) is 61.3 Å². The highest BCUT2D eigenvalue weighted by Gasteiger charge is 2.34. The molecule has 0 aliphatic heterocycles. The van der Waals surface area contributed by atoms with Crippen molar-refractivity contribution in [1.29, 1.82) is 0 Å². The number of benzene rings is 12. The molecule has 3 fully saturated rings. The quantitative estimate of drug-likeness (QED) is 0.0369. The first-order valence-electron chi connectivity index (χ1n) is 37.2. The highest BCUT2D eigenvalue weighted by Crippen LogP contribution is 2.42. The normalized spacial score (nSPS) is 14.5. The second-order valence-corrected chi connectivity index (χ2v) is 44.3. The molecule has 12 aromatic rings. The van der Waals surface area contributed by atoms with E-state index in [1.165, 1.54) is 155 Å². The molecule has 0 aromatic heterocycles. The fourth-order valence-electron chi connectivity index (χ4n) is 14.4. The summed E-state index contributed by atoms with van der Waals surface area (Å²) in [5.74, 6) is 2.62. The average Bonchev–Trinajstić information content (AvgIpc) is 0.798. The Bertz CT molecular complexity index is 5060. The van der Waals surface area contributed by atoms with Crippen LogP contribution in [0.25, 0.3) is 0 Å². The number of halogens is 10. The second kappa shape index (κ2) is 42.5. The van der Waals surface area contributed by atoms with Gasteiger partial charge in [0.2, 0.25) is 0 Å². The van der Waals surface area contributed by atoms with Crippen LogP contribution in [0.5, 0.6) is 17.2 Å². The molecule has 2 unspecified atom stereocenters. The minimum absolute atomic E-state index is 0.253. The summed E-state index contributed by atoms with van der Waals surface area (Å²) < 4.78 is 39.8. The van der Waals surface area contributed by atoms with Crippen LogP contribution in [0, 0.1) is 37.9 Å². The summed E-state index contributed by atoms with van der Waals surface area (Å²) in [6.45, 7) is 0. The maximum Gasteiger partial charge on any atom is 0.343 e. The third-order valence-corrected chi connectivity index (χ3v) is 33.4. The van der Waals surface area contributed by atoms with Crippen LogP contribution in [-0.4, -0.2) is 17.9 Å². The standard InChI is InChI=1S/C37H36I3O2S.C31H26I3O2S.C25H15FI3O2S/c38-30-23-34(39)36(35(40)24-30)42-37(41)29-15-21-33(22-16-29)43(31-17-11-27(12-18-31)25-7-3-1-4-8-25)32-19-13-28(14-20-32)26-9-5-2-6-10-26;32-24-19-28(33)30(29(34)20-24)36-31(35)23-13-17-27(18-14-23)37(25-9-5-2-6-10-25)26-15-11-22(12-16-26)21-7-3-1-4-8-21;26-17-8-12-21(13-9-17)32(19-4-2-1-3-5-19)20-10-6-16(7-11-20)25(30)31-24-22(28)14-18(27)15-23(24)29/h11-26H,1-10H2;2,5-6,9-21H,1,3-4,7-8H2;1-15H/q3*+1. The second-order valence-electron chi connectivity index (χ2n) is 27.5. The first-order valence-corrected chi connectivity index (χ1v) is 50.5. The Labute approximate surface area is 788 Å². The molecule has 0 radical (unpaired) electrons. The molecule has 570 valence electrons. The van der Waals surface area contributed by atoms with Gasteiger partial charge in [-0.25, -0.2) is 18.8 Å². The first-order chi connectivity index (χ1) is 54.4. The molecule has 3 aliphatic carbocycles. The van der Waals surface area contributed by atoms with Gasteiger partial charge < -0.3 is 14.2 Å². The lowest BCUT2D eigenvalue weighted by Crippen LogP contribution is -2.11. The van der Waals surface area contributed by atoms with Crippen LogP contribution in [0.4, 0.5) is 4.39 Å². The van der Waals surface area contributed by atoms with Gasteiger partial charge in [-0.2, -0.15) is 0 Å². The van der Waals surface area contributed by atoms with E-state index in [-0.39, 0.29) is 39.5 Å². The molecule has 0 heterocycles. The maximum atomic E-state index is 13.5. The van der Waals surface area contributed by atoms with E-state index in [9.17, 15) is 18.8 Å². The number of hydrogen-bond acceptors (Lipinski definition) is 6. The fraction of sp³-hybridized carbons (Fsp3) is 0.194. The Morgan fingerprint density at radius 3 is 0.679 bits per heavy atom. The van der Waals surface area contributed by atoms with Gasteiger partial charge in [0.1, 0.15) is 5.82 Å². The Hall–Kier alpha value is -3.40.